The highest BCUT2D eigenvalue weighted by Crippen LogP contribution is 2.32. The molecular formula is C14H16F4N2O2. The lowest BCUT2D eigenvalue weighted by Crippen LogP contribution is -2.44. The Hall–Kier alpha value is -1.67. The molecule has 22 heavy (non-hydrogen) atoms. The number of anilines is 1. The topological polar surface area (TPSA) is 64.4 Å². The predicted molar refractivity (Wildman–Crippen MR) is 71.6 cm³/mol. The molecule has 0 radical (unpaired) electrons. The summed E-state index contributed by atoms with van der Waals surface area (Å²) in [4.78, 5) is 12.0. The minimum atomic E-state index is -4.62. The molecule has 0 spiro atoms. The molecule has 1 atom stereocenters. The van der Waals surface area contributed by atoms with Crippen LogP contribution >= 0.6 is 0 Å². The van der Waals surface area contributed by atoms with Crippen molar-refractivity contribution in [3.63, 3.8) is 0 Å². The number of nitrogens with two attached hydrogens (primary N) is 1. The molecule has 0 bridgehead atoms. The predicted octanol–water partition coefficient (Wildman–Crippen LogP) is 2.54. The maximum Gasteiger partial charge on any atom is 0.416 e. The van der Waals surface area contributed by atoms with Crippen LogP contribution in [0.4, 0.5) is 23.2 Å². The van der Waals surface area contributed by atoms with Gasteiger partial charge in [-0.3, -0.25) is 4.79 Å². The second-order valence-electron chi connectivity index (χ2n) is 5.16. The van der Waals surface area contributed by atoms with Crippen molar-refractivity contribution in [3.05, 3.63) is 29.6 Å². The molecule has 1 amide bonds. The van der Waals surface area contributed by atoms with Crippen molar-refractivity contribution in [2.75, 3.05) is 18.5 Å². The molecular weight excluding hydrogens is 304 g/mol. The first-order valence-electron chi connectivity index (χ1n) is 6.80. The number of benzene rings is 1. The lowest BCUT2D eigenvalue weighted by atomic mass is 9.92. The summed E-state index contributed by atoms with van der Waals surface area (Å²) in [6, 6.07) is 0.920. The van der Waals surface area contributed by atoms with Crippen LogP contribution in [-0.4, -0.2) is 25.2 Å². The Labute approximate surface area is 124 Å². The molecule has 2 rings (SSSR count). The van der Waals surface area contributed by atoms with E-state index in [9.17, 15) is 22.4 Å². The molecule has 0 aromatic heterocycles. The Morgan fingerprint density at radius 2 is 1.95 bits per heavy atom. The third-order valence-corrected chi connectivity index (χ3v) is 3.63. The van der Waals surface area contributed by atoms with Gasteiger partial charge in [-0.15, -0.1) is 0 Å². The zero-order valence-electron chi connectivity index (χ0n) is 11.6. The normalized spacial score (nSPS) is 18.0. The molecule has 0 aliphatic carbocycles. The number of hydrogen-bond acceptors (Lipinski definition) is 3. The van der Waals surface area contributed by atoms with Gasteiger partial charge in [0.15, 0.2) is 0 Å². The van der Waals surface area contributed by atoms with Crippen molar-refractivity contribution in [1.29, 1.82) is 0 Å². The second-order valence-corrected chi connectivity index (χ2v) is 5.16. The van der Waals surface area contributed by atoms with Crippen molar-refractivity contribution in [2.24, 2.45) is 11.7 Å². The first-order chi connectivity index (χ1) is 10.3. The van der Waals surface area contributed by atoms with Gasteiger partial charge in [0.25, 0.3) is 0 Å². The van der Waals surface area contributed by atoms with Gasteiger partial charge in [0.2, 0.25) is 5.91 Å². The van der Waals surface area contributed by atoms with Crippen LogP contribution in [0.2, 0.25) is 0 Å². The van der Waals surface area contributed by atoms with E-state index in [2.05, 4.69) is 5.32 Å². The molecule has 1 fully saturated rings. The largest absolute Gasteiger partial charge is 0.416 e. The van der Waals surface area contributed by atoms with Crippen LogP contribution < -0.4 is 11.1 Å². The first kappa shape index (κ1) is 16.7. The summed E-state index contributed by atoms with van der Waals surface area (Å²) in [5.41, 5.74) is 4.24. The Morgan fingerprint density at radius 1 is 1.32 bits per heavy atom. The van der Waals surface area contributed by atoms with E-state index in [0.29, 0.717) is 44.3 Å². The number of nitrogens with one attached hydrogen (secondary N) is 1. The number of hydrogen-bond donors (Lipinski definition) is 2. The third kappa shape index (κ3) is 3.95. The number of rotatable bonds is 3. The molecule has 1 aliphatic heterocycles. The van der Waals surface area contributed by atoms with Crippen LogP contribution in [0.15, 0.2) is 18.2 Å². The highest BCUT2D eigenvalue weighted by Gasteiger charge is 2.32. The average Bonchev–Trinajstić information content (AvgIpc) is 2.48. The van der Waals surface area contributed by atoms with Crippen molar-refractivity contribution in [1.82, 2.24) is 0 Å². The lowest BCUT2D eigenvalue weighted by Gasteiger charge is -2.26. The van der Waals surface area contributed by atoms with E-state index in [1.807, 2.05) is 0 Å². The Morgan fingerprint density at radius 3 is 2.55 bits per heavy atom. The van der Waals surface area contributed by atoms with Gasteiger partial charge in [0.05, 0.1) is 17.3 Å². The van der Waals surface area contributed by atoms with Crippen molar-refractivity contribution >= 4 is 11.6 Å². The van der Waals surface area contributed by atoms with Crippen LogP contribution in [0.1, 0.15) is 18.4 Å². The molecule has 1 aliphatic rings. The SMILES string of the molecule is NC(C(=O)Nc1cc(C(F)(F)F)ccc1F)C1CCOCC1. The fraction of sp³-hybridized carbons (Fsp3) is 0.500. The summed E-state index contributed by atoms with van der Waals surface area (Å²) in [6.45, 7) is 0.952. The number of carbonyl (C=O) groups is 1. The summed E-state index contributed by atoms with van der Waals surface area (Å²) < 4.78 is 56.6. The summed E-state index contributed by atoms with van der Waals surface area (Å²) >= 11 is 0. The zero-order valence-corrected chi connectivity index (χ0v) is 11.6. The van der Waals surface area contributed by atoms with Gasteiger partial charge in [-0.2, -0.15) is 13.2 Å². The minimum Gasteiger partial charge on any atom is -0.381 e. The van der Waals surface area contributed by atoms with Gasteiger partial charge in [-0.1, -0.05) is 0 Å². The molecule has 1 saturated heterocycles. The zero-order chi connectivity index (χ0) is 16.3. The number of amides is 1. The molecule has 1 aromatic carbocycles. The Balaban J connectivity index is 2.10. The van der Waals surface area contributed by atoms with Crippen LogP contribution in [0, 0.1) is 11.7 Å². The van der Waals surface area contributed by atoms with Crippen LogP contribution in [0.5, 0.6) is 0 Å². The van der Waals surface area contributed by atoms with E-state index in [1.54, 1.807) is 0 Å². The van der Waals surface area contributed by atoms with Crippen molar-refractivity contribution in [2.45, 2.75) is 25.1 Å². The van der Waals surface area contributed by atoms with E-state index in [4.69, 9.17) is 10.5 Å². The van der Waals surface area contributed by atoms with E-state index >= 15 is 0 Å². The van der Waals surface area contributed by atoms with Crippen molar-refractivity contribution < 1.29 is 27.1 Å². The summed E-state index contributed by atoms with van der Waals surface area (Å²) in [6.07, 6.45) is -3.45. The first-order valence-corrected chi connectivity index (χ1v) is 6.80. The standard InChI is InChI=1S/C14H16F4N2O2/c15-10-2-1-9(14(16,17)18)7-11(10)20-13(21)12(19)8-3-5-22-6-4-8/h1-2,7-8,12H,3-6,19H2,(H,20,21). The third-order valence-electron chi connectivity index (χ3n) is 3.63. The highest BCUT2D eigenvalue weighted by atomic mass is 19.4. The lowest BCUT2D eigenvalue weighted by molar-refractivity contribution is -0.137. The minimum absolute atomic E-state index is 0.136. The molecule has 1 aromatic rings. The second kappa shape index (κ2) is 6.62. The Kier molecular flexibility index (Phi) is 5.02. The summed E-state index contributed by atoms with van der Waals surface area (Å²) in [5, 5.41) is 2.14. The van der Waals surface area contributed by atoms with Gasteiger partial charge in [0.1, 0.15) is 5.82 Å². The van der Waals surface area contributed by atoms with Crippen LogP contribution in [-0.2, 0) is 15.7 Å². The van der Waals surface area contributed by atoms with E-state index < -0.39 is 35.2 Å². The van der Waals surface area contributed by atoms with Gasteiger partial charge >= 0.3 is 6.18 Å². The number of carbonyl (C=O) groups excluding carboxylic acids is 1. The quantitative estimate of drug-likeness (QED) is 0.841. The fourth-order valence-electron chi connectivity index (χ4n) is 2.30. The fourth-order valence-corrected chi connectivity index (χ4v) is 2.30. The van der Waals surface area contributed by atoms with Gasteiger partial charge < -0.3 is 15.8 Å². The molecule has 3 N–H and O–H groups in total. The van der Waals surface area contributed by atoms with E-state index in [-0.39, 0.29) is 5.92 Å². The molecule has 8 heteroatoms. The van der Waals surface area contributed by atoms with Crippen LogP contribution in [0.25, 0.3) is 0 Å². The smallest absolute Gasteiger partial charge is 0.381 e. The van der Waals surface area contributed by atoms with Crippen molar-refractivity contribution in [3.8, 4) is 0 Å². The maximum atomic E-state index is 13.6. The molecule has 1 heterocycles. The molecule has 122 valence electrons. The summed E-state index contributed by atoms with van der Waals surface area (Å²) in [5.74, 6) is -1.78. The van der Waals surface area contributed by atoms with Gasteiger partial charge in [0, 0.05) is 13.2 Å². The molecule has 4 nitrogen and oxygen atoms in total. The maximum absolute atomic E-state index is 13.6. The Bertz CT molecular complexity index is 542. The number of halogens is 4. The molecule has 1 unspecified atom stereocenters. The monoisotopic (exact) mass is 320 g/mol. The van der Waals surface area contributed by atoms with Gasteiger partial charge in [-0.05, 0) is 37.0 Å². The summed E-state index contributed by atoms with van der Waals surface area (Å²) in [7, 11) is 0. The molecule has 0 saturated carbocycles. The highest BCUT2D eigenvalue weighted by molar-refractivity contribution is 5.95. The van der Waals surface area contributed by atoms with Gasteiger partial charge in [-0.25, -0.2) is 4.39 Å². The van der Waals surface area contributed by atoms with E-state index in [0.717, 1.165) is 0 Å². The number of ether oxygens (including phenoxy) is 1. The number of alkyl halides is 3. The van der Waals surface area contributed by atoms with E-state index in [1.165, 1.54) is 0 Å². The average molecular weight is 320 g/mol. The van der Waals surface area contributed by atoms with Crippen LogP contribution in [0.3, 0.4) is 0 Å².